The Balaban J connectivity index is 1.67. The first-order chi connectivity index (χ1) is 14.9. The molecule has 31 heavy (non-hydrogen) atoms. The maximum absolute atomic E-state index is 13.5. The van der Waals surface area contributed by atoms with Gasteiger partial charge in [-0.15, -0.1) is 0 Å². The van der Waals surface area contributed by atoms with Gasteiger partial charge in [-0.3, -0.25) is 14.3 Å². The van der Waals surface area contributed by atoms with Crippen LogP contribution in [0.25, 0.3) is 11.3 Å². The topological polar surface area (TPSA) is 76.5 Å². The van der Waals surface area contributed by atoms with E-state index in [0.29, 0.717) is 36.1 Å². The first kappa shape index (κ1) is 20.9. The van der Waals surface area contributed by atoms with Crippen LogP contribution in [0.5, 0.6) is 5.75 Å². The minimum Gasteiger partial charge on any atom is -0.488 e. The van der Waals surface area contributed by atoms with Crippen LogP contribution in [-0.4, -0.2) is 39.6 Å². The quantitative estimate of drug-likeness (QED) is 0.639. The van der Waals surface area contributed by atoms with E-state index in [1.54, 1.807) is 15.6 Å². The van der Waals surface area contributed by atoms with Crippen LogP contribution in [0.4, 0.5) is 0 Å². The van der Waals surface area contributed by atoms with Gasteiger partial charge in [-0.05, 0) is 23.8 Å². The Kier molecular flexibility index (Phi) is 5.95. The zero-order chi connectivity index (χ0) is 22.0. The lowest BCUT2D eigenvalue weighted by Crippen LogP contribution is -2.38. The first-order valence-electron chi connectivity index (χ1n) is 10.00. The molecule has 3 aromatic rings. The summed E-state index contributed by atoms with van der Waals surface area (Å²) in [6.45, 7) is 2.84. The second kappa shape index (κ2) is 8.81. The molecule has 1 aliphatic heterocycles. The van der Waals surface area contributed by atoms with Crippen molar-refractivity contribution in [1.82, 2.24) is 20.0 Å². The van der Waals surface area contributed by atoms with Crippen molar-refractivity contribution in [3.05, 3.63) is 70.4 Å². The Morgan fingerprint density at radius 2 is 2.00 bits per heavy atom. The third kappa shape index (κ3) is 4.41. The van der Waals surface area contributed by atoms with E-state index in [1.165, 1.54) is 6.92 Å². The second-order valence-electron chi connectivity index (χ2n) is 7.42. The van der Waals surface area contributed by atoms with Crippen molar-refractivity contribution in [2.24, 2.45) is 7.05 Å². The molecule has 0 saturated heterocycles. The Hall–Kier alpha value is -3.32. The van der Waals surface area contributed by atoms with Crippen LogP contribution < -0.4 is 10.1 Å². The van der Waals surface area contributed by atoms with Crippen molar-refractivity contribution in [2.45, 2.75) is 20.1 Å². The van der Waals surface area contributed by atoms with Gasteiger partial charge in [-0.1, -0.05) is 41.9 Å². The molecule has 7 nitrogen and oxygen atoms in total. The molecule has 0 spiro atoms. The number of ether oxygens (including phenoxy) is 1. The standard InChI is InChI=1S/C23H23ClN4O3/c1-15(29)25-10-11-28(13-16-6-4-3-5-7-16)23(30)21-19-14-31-20-9-8-17(24)12-18(20)22(19)27(2)26-21/h3-9,12H,10-11,13-14H2,1-2H3,(H,25,29). The van der Waals surface area contributed by atoms with Gasteiger partial charge in [-0.2, -0.15) is 5.10 Å². The van der Waals surface area contributed by atoms with Crippen molar-refractivity contribution < 1.29 is 14.3 Å². The average Bonchev–Trinajstić information content (AvgIpc) is 3.10. The van der Waals surface area contributed by atoms with E-state index in [9.17, 15) is 9.59 Å². The smallest absolute Gasteiger partial charge is 0.275 e. The number of benzene rings is 2. The molecule has 1 aliphatic rings. The number of carbonyl (C=O) groups is 2. The maximum Gasteiger partial charge on any atom is 0.275 e. The van der Waals surface area contributed by atoms with Gasteiger partial charge in [0.15, 0.2) is 5.69 Å². The molecule has 2 heterocycles. The Morgan fingerprint density at radius 3 is 2.74 bits per heavy atom. The van der Waals surface area contributed by atoms with E-state index in [0.717, 1.165) is 22.4 Å². The highest BCUT2D eigenvalue weighted by atomic mass is 35.5. The van der Waals surface area contributed by atoms with E-state index in [4.69, 9.17) is 16.3 Å². The molecule has 2 amide bonds. The number of fused-ring (bicyclic) bond motifs is 3. The lowest BCUT2D eigenvalue weighted by molar-refractivity contribution is -0.119. The highest BCUT2D eigenvalue weighted by Crippen LogP contribution is 2.40. The number of aromatic nitrogens is 2. The molecule has 0 radical (unpaired) electrons. The Morgan fingerprint density at radius 1 is 1.23 bits per heavy atom. The summed E-state index contributed by atoms with van der Waals surface area (Å²) in [5.41, 5.74) is 3.72. The highest BCUT2D eigenvalue weighted by Gasteiger charge is 2.30. The van der Waals surface area contributed by atoms with E-state index in [-0.39, 0.29) is 18.4 Å². The van der Waals surface area contributed by atoms with Crippen LogP contribution in [0.3, 0.4) is 0 Å². The third-order valence-corrected chi connectivity index (χ3v) is 5.41. The fraction of sp³-hybridized carbons (Fsp3) is 0.261. The lowest BCUT2D eigenvalue weighted by Gasteiger charge is -2.23. The molecular formula is C23H23ClN4O3. The number of hydrogen-bond donors (Lipinski definition) is 1. The number of hydrogen-bond acceptors (Lipinski definition) is 4. The predicted molar refractivity (Wildman–Crippen MR) is 118 cm³/mol. The molecule has 0 bridgehead atoms. The van der Waals surface area contributed by atoms with Gasteiger partial charge in [0, 0.05) is 49.8 Å². The molecule has 0 fully saturated rings. The van der Waals surface area contributed by atoms with Crippen molar-refractivity contribution in [2.75, 3.05) is 13.1 Å². The Labute approximate surface area is 185 Å². The van der Waals surface area contributed by atoms with Crippen LogP contribution in [0.1, 0.15) is 28.5 Å². The molecule has 0 saturated carbocycles. The molecule has 0 atom stereocenters. The maximum atomic E-state index is 13.5. The predicted octanol–water partition coefficient (Wildman–Crippen LogP) is 3.41. The number of aryl methyl sites for hydroxylation is 1. The van der Waals surface area contributed by atoms with Gasteiger partial charge in [0.2, 0.25) is 5.91 Å². The van der Waals surface area contributed by atoms with Crippen molar-refractivity contribution >= 4 is 23.4 Å². The number of halogens is 1. The number of rotatable bonds is 6. The molecule has 160 valence electrons. The largest absolute Gasteiger partial charge is 0.488 e. The van der Waals surface area contributed by atoms with Gasteiger partial charge in [-0.25, -0.2) is 0 Å². The third-order valence-electron chi connectivity index (χ3n) is 5.18. The summed E-state index contributed by atoms with van der Waals surface area (Å²) >= 11 is 6.19. The molecular weight excluding hydrogens is 416 g/mol. The van der Waals surface area contributed by atoms with Crippen molar-refractivity contribution in [3.8, 4) is 17.0 Å². The molecule has 2 aromatic carbocycles. The van der Waals surface area contributed by atoms with E-state index in [2.05, 4.69) is 10.4 Å². The summed E-state index contributed by atoms with van der Waals surface area (Å²) < 4.78 is 7.58. The van der Waals surface area contributed by atoms with E-state index < -0.39 is 0 Å². The summed E-state index contributed by atoms with van der Waals surface area (Å²) in [7, 11) is 1.81. The van der Waals surface area contributed by atoms with Gasteiger partial charge in [0.05, 0.1) is 5.69 Å². The summed E-state index contributed by atoms with van der Waals surface area (Å²) in [6.07, 6.45) is 0. The van der Waals surface area contributed by atoms with Gasteiger partial charge < -0.3 is 15.0 Å². The summed E-state index contributed by atoms with van der Waals surface area (Å²) in [4.78, 5) is 26.5. The summed E-state index contributed by atoms with van der Waals surface area (Å²) in [5.74, 6) is 0.370. The van der Waals surface area contributed by atoms with Gasteiger partial charge in [0.25, 0.3) is 5.91 Å². The van der Waals surface area contributed by atoms with E-state index in [1.807, 2.05) is 49.5 Å². The van der Waals surface area contributed by atoms with Crippen LogP contribution in [-0.2, 0) is 25.0 Å². The number of nitrogens with one attached hydrogen (secondary N) is 1. The molecule has 1 N–H and O–H groups in total. The SMILES string of the molecule is CC(=O)NCCN(Cc1ccccc1)C(=O)c1nn(C)c2c1COc1ccc(Cl)cc1-2. The van der Waals surface area contributed by atoms with E-state index >= 15 is 0 Å². The number of amides is 2. The average molecular weight is 439 g/mol. The minimum atomic E-state index is -0.208. The van der Waals surface area contributed by atoms with Crippen molar-refractivity contribution in [3.63, 3.8) is 0 Å². The lowest BCUT2D eigenvalue weighted by atomic mass is 10.0. The first-order valence-corrected chi connectivity index (χ1v) is 10.4. The Bertz CT molecular complexity index is 1130. The summed E-state index contributed by atoms with van der Waals surface area (Å²) in [6, 6.07) is 15.2. The summed E-state index contributed by atoms with van der Waals surface area (Å²) in [5, 5.41) is 7.89. The van der Waals surface area contributed by atoms with Crippen LogP contribution >= 0.6 is 11.6 Å². The molecule has 0 aliphatic carbocycles. The normalized spacial score (nSPS) is 11.8. The fourth-order valence-corrected chi connectivity index (χ4v) is 3.92. The molecule has 0 unspecified atom stereocenters. The van der Waals surface area contributed by atoms with Crippen LogP contribution in [0.15, 0.2) is 48.5 Å². The molecule has 1 aromatic heterocycles. The van der Waals surface area contributed by atoms with Crippen LogP contribution in [0.2, 0.25) is 5.02 Å². The van der Waals surface area contributed by atoms with Gasteiger partial charge >= 0.3 is 0 Å². The minimum absolute atomic E-state index is 0.135. The fourth-order valence-electron chi connectivity index (χ4n) is 3.75. The van der Waals surface area contributed by atoms with Gasteiger partial charge in [0.1, 0.15) is 12.4 Å². The second-order valence-corrected chi connectivity index (χ2v) is 7.86. The number of carbonyl (C=O) groups excluding carboxylic acids is 2. The molecule has 4 rings (SSSR count). The van der Waals surface area contributed by atoms with Crippen LogP contribution in [0, 0.1) is 0 Å². The highest BCUT2D eigenvalue weighted by molar-refractivity contribution is 6.31. The zero-order valence-corrected chi connectivity index (χ0v) is 18.1. The zero-order valence-electron chi connectivity index (χ0n) is 17.4. The van der Waals surface area contributed by atoms with Crippen molar-refractivity contribution in [1.29, 1.82) is 0 Å². The monoisotopic (exact) mass is 438 g/mol. The molecule has 8 heteroatoms. The number of nitrogens with zero attached hydrogens (tertiary/aromatic N) is 3.